The number of aromatic nitrogens is 1. The number of nitrogens with one attached hydrogen (secondary N) is 1. The standard InChI is InChI=1S/C23H27ClN2O2/c24-19-4-2-1-3-18(19)20-13-25-22(28-20)6-5-21(27)26-14-23-10-15-7-16(11-23)9-17(8-15)12-23/h1-4,13,15-17H,5-12,14H2,(H,26,27). The molecule has 0 atom stereocenters. The van der Waals surface area contributed by atoms with E-state index in [1.54, 1.807) is 6.20 Å². The number of rotatable bonds is 6. The van der Waals surface area contributed by atoms with Gasteiger partial charge < -0.3 is 9.73 Å². The predicted molar refractivity (Wildman–Crippen MR) is 109 cm³/mol. The number of halogens is 1. The summed E-state index contributed by atoms with van der Waals surface area (Å²) < 4.78 is 5.80. The molecule has 1 N–H and O–H groups in total. The largest absolute Gasteiger partial charge is 0.441 e. The van der Waals surface area contributed by atoms with Gasteiger partial charge in [0.1, 0.15) is 0 Å². The van der Waals surface area contributed by atoms with Crippen LogP contribution in [-0.2, 0) is 11.2 Å². The van der Waals surface area contributed by atoms with Crippen LogP contribution >= 0.6 is 11.6 Å². The average Bonchev–Trinajstić information content (AvgIpc) is 3.13. The molecule has 4 aliphatic rings. The quantitative estimate of drug-likeness (QED) is 0.721. The van der Waals surface area contributed by atoms with E-state index >= 15 is 0 Å². The van der Waals surface area contributed by atoms with Crippen molar-refractivity contribution in [2.45, 2.75) is 51.4 Å². The molecule has 0 unspecified atom stereocenters. The second-order valence-corrected chi connectivity index (χ2v) is 9.70. The SMILES string of the molecule is O=C(CCc1ncc(-c2ccccc2Cl)o1)NCC12CC3CC(CC(C3)C1)C2. The highest BCUT2D eigenvalue weighted by molar-refractivity contribution is 6.33. The first-order valence-corrected chi connectivity index (χ1v) is 10.9. The van der Waals surface area contributed by atoms with Crippen LogP contribution in [0.4, 0.5) is 0 Å². The summed E-state index contributed by atoms with van der Waals surface area (Å²) in [6.07, 6.45) is 10.9. The third kappa shape index (κ3) is 3.59. The fourth-order valence-corrected chi connectivity index (χ4v) is 6.54. The molecule has 5 heteroatoms. The molecule has 0 saturated heterocycles. The molecule has 4 bridgehead atoms. The molecule has 2 aromatic rings. The lowest BCUT2D eigenvalue weighted by Gasteiger charge is -2.56. The predicted octanol–water partition coefficient (Wildman–Crippen LogP) is 5.26. The van der Waals surface area contributed by atoms with E-state index in [4.69, 9.17) is 16.0 Å². The van der Waals surface area contributed by atoms with Crippen molar-refractivity contribution >= 4 is 17.5 Å². The molecular weight excluding hydrogens is 372 g/mol. The van der Waals surface area contributed by atoms with Gasteiger partial charge in [-0.05, 0) is 73.8 Å². The smallest absolute Gasteiger partial charge is 0.220 e. The molecule has 4 fully saturated rings. The Hall–Kier alpha value is -1.81. The zero-order valence-electron chi connectivity index (χ0n) is 16.1. The summed E-state index contributed by atoms with van der Waals surface area (Å²) in [5.74, 6) is 4.08. The zero-order chi connectivity index (χ0) is 19.1. The van der Waals surface area contributed by atoms with Crippen LogP contribution in [0, 0.1) is 23.2 Å². The van der Waals surface area contributed by atoms with Crippen LogP contribution in [0.1, 0.15) is 50.8 Å². The normalized spacial score (nSPS) is 30.5. The second kappa shape index (κ2) is 7.22. The van der Waals surface area contributed by atoms with Crippen LogP contribution in [0.3, 0.4) is 0 Å². The molecule has 1 aromatic heterocycles. The van der Waals surface area contributed by atoms with Gasteiger partial charge in [0.15, 0.2) is 11.7 Å². The third-order valence-corrected chi connectivity index (χ3v) is 7.41. The van der Waals surface area contributed by atoms with Crippen LogP contribution in [0.15, 0.2) is 34.9 Å². The summed E-state index contributed by atoms with van der Waals surface area (Å²) in [6, 6.07) is 7.54. The molecular formula is C23H27ClN2O2. The van der Waals surface area contributed by atoms with E-state index in [0.717, 1.165) is 29.9 Å². The van der Waals surface area contributed by atoms with Crippen molar-refractivity contribution in [3.8, 4) is 11.3 Å². The van der Waals surface area contributed by atoms with E-state index in [1.807, 2.05) is 24.3 Å². The summed E-state index contributed by atoms with van der Waals surface area (Å²) in [4.78, 5) is 16.8. The molecule has 0 spiro atoms. The molecule has 28 heavy (non-hydrogen) atoms. The minimum atomic E-state index is 0.105. The number of aryl methyl sites for hydroxylation is 1. The Bertz CT molecular complexity index is 840. The summed E-state index contributed by atoms with van der Waals surface area (Å²) in [5, 5.41) is 3.87. The highest BCUT2D eigenvalue weighted by atomic mass is 35.5. The van der Waals surface area contributed by atoms with Gasteiger partial charge >= 0.3 is 0 Å². The number of amides is 1. The van der Waals surface area contributed by atoms with Gasteiger partial charge in [-0.25, -0.2) is 4.98 Å². The molecule has 0 radical (unpaired) electrons. The maximum absolute atomic E-state index is 12.4. The van der Waals surface area contributed by atoms with E-state index in [1.165, 1.54) is 38.5 Å². The number of nitrogens with zero attached hydrogens (tertiary/aromatic N) is 1. The number of carbonyl (C=O) groups excluding carboxylic acids is 1. The Balaban J connectivity index is 1.14. The Morgan fingerprint density at radius 2 is 1.82 bits per heavy atom. The van der Waals surface area contributed by atoms with E-state index < -0.39 is 0 Å². The first kappa shape index (κ1) is 18.2. The molecule has 6 rings (SSSR count). The minimum Gasteiger partial charge on any atom is -0.441 e. The van der Waals surface area contributed by atoms with Gasteiger partial charge in [-0.1, -0.05) is 23.7 Å². The van der Waals surface area contributed by atoms with Crippen molar-refractivity contribution in [1.29, 1.82) is 0 Å². The summed E-state index contributed by atoms with van der Waals surface area (Å²) in [6.45, 7) is 0.853. The van der Waals surface area contributed by atoms with Crippen molar-refractivity contribution in [3.05, 3.63) is 41.4 Å². The van der Waals surface area contributed by atoms with Crippen molar-refractivity contribution in [2.24, 2.45) is 23.2 Å². The first-order chi connectivity index (χ1) is 13.6. The molecule has 1 heterocycles. The van der Waals surface area contributed by atoms with Crippen molar-refractivity contribution in [2.75, 3.05) is 6.54 Å². The fraction of sp³-hybridized carbons (Fsp3) is 0.565. The lowest BCUT2D eigenvalue weighted by molar-refractivity contribution is -0.123. The minimum absolute atomic E-state index is 0.105. The average molecular weight is 399 g/mol. The van der Waals surface area contributed by atoms with Gasteiger partial charge in [0.05, 0.1) is 11.2 Å². The highest BCUT2D eigenvalue weighted by Gasteiger charge is 2.50. The molecule has 148 valence electrons. The van der Waals surface area contributed by atoms with E-state index in [9.17, 15) is 4.79 Å². The molecule has 1 aromatic carbocycles. The number of hydrogen-bond acceptors (Lipinski definition) is 3. The van der Waals surface area contributed by atoms with Crippen LogP contribution in [-0.4, -0.2) is 17.4 Å². The van der Waals surface area contributed by atoms with Crippen LogP contribution in [0.25, 0.3) is 11.3 Å². The van der Waals surface area contributed by atoms with Crippen LogP contribution in [0.2, 0.25) is 5.02 Å². The Morgan fingerprint density at radius 3 is 2.50 bits per heavy atom. The monoisotopic (exact) mass is 398 g/mol. The highest BCUT2D eigenvalue weighted by Crippen LogP contribution is 2.59. The number of carbonyl (C=O) groups is 1. The lowest BCUT2D eigenvalue weighted by Crippen LogP contribution is -2.51. The van der Waals surface area contributed by atoms with Crippen LogP contribution in [0.5, 0.6) is 0 Å². The molecule has 1 amide bonds. The van der Waals surface area contributed by atoms with E-state index in [-0.39, 0.29) is 5.91 Å². The summed E-state index contributed by atoms with van der Waals surface area (Å²) in [7, 11) is 0. The Morgan fingerprint density at radius 1 is 1.14 bits per heavy atom. The van der Waals surface area contributed by atoms with Gasteiger partial charge in [0, 0.05) is 24.9 Å². The Labute approximate surface area is 171 Å². The van der Waals surface area contributed by atoms with Gasteiger partial charge in [-0.15, -0.1) is 0 Å². The topological polar surface area (TPSA) is 55.1 Å². The van der Waals surface area contributed by atoms with Crippen molar-refractivity contribution < 1.29 is 9.21 Å². The zero-order valence-corrected chi connectivity index (χ0v) is 16.9. The first-order valence-electron chi connectivity index (χ1n) is 10.5. The van der Waals surface area contributed by atoms with Crippen molar-refractivity contribution in [1.82, 2.24) is 10.3 Å². The molecule has 4 saturated carbocycles. The summed E-state index contributed by atoms with van der Waals surface area (Å²) in [5.41, 5.74) is 1.21. The number of hydrogen-bond donors (Lipinski definition) is 1. The van der Waals surface area contributed by atoms with Crippen LogP contribution < -0.4 is 5.32 Å². The van der Waals surface area contributed by atoms with E-state index in [2.05, 4.69) is 10.3 Å². The van der Waals surface area contributed by atoms with E-state index in [0.29, 0.717) is 34.9 Å². The van der Waals surface area contributed by atoms with Crippen molar-refractivity contribution in [3.63, 3.8) is 0 Å². The molecule has 4 nitrogen and oxygen atoms in total. The maximum atomic E-state index is 12.4. The van der Waals surface area contributed by atoms with Gasteiger partial charge in [0.2, 0.25) is 5.91 Å². The molecule has 0 aliphatic heterocycles. The third-order valence-electron chi connectivity index (χ3n) is 7.08. The lowest BCUT2D eigenvalue weighted by atomic mass is 9.49. The fourth-order valence-electron chi connectivity index (χ4n) is 6.31. The second-order valence-electron chi connectivity index (χ2n) is 9.29. The number of oxazole rings is 1. The summed E-state index contributed by atoms with van der Waals surface area (Å²) >= 11 is 6.21. The van der Waals surface area contributed by atoms with Gasteiger partial charge in [-0.2, -0.15) is 0 Å². The van der Waals surface area contributed by atoms with Gasteiger partial charge in [0.25, 0.3) is 0 Å². The maximum Gasteiger partial charge on any atom is 0.220 e. The Kier molecular flexibility index (Phi) is 4.70. The van der Waals surface area contributed by atoms with Gasteiger partial charge in [-0.3, -0.25) is 4.79 Å². The molecule has 4 aliphatic carbocycles. The number of benzene rings is 1.